The molecule has 2 aliphatic heterocycles. The molecule has 0 bridgehead atoms. The van der Waals surface area contributed by atoms with Crippen molar-refractivity contribution in [2.75, 3.05) is 26.7 Å². The van der Waals surface area contributed by atoms with Gasteiger partial charge in [0.1, 0.15) is 5.60 Å². The van der Waals surface area contributed by atoms with Crippen molar-refractivity contribution in [3.8, 4) is 0 Å². The minimum Gasteiger partial charge on any atom is -0.444 e. The van der Waals surface area contributed by atoms with Gasteiger partial charge < -0.3 is 14.5 Å². The molecule has 24 heavy (non-hydrogen) atoms. The highest BCUT2D eigenvalue weighted by Crippen LogP contribution is 2.39. The Kier molecular flexibility index (Phi) is 8.25. The SMILES string of the molecule is CN1CCC2(CCCN(C(=O)OC(C)(C)C)C2)C1=O.Cl.N=NN=N. The largest absolute Gasteiger partial charge is 0.444 e. The molecule has 2 amide bonds. The predicted molar refractivity (Wildman–Crippen MR) is 89.3 cm³/mol. The summed E-state index contributed by atoms with van der Waals surface area (Å²) in [6, 6.07) is 0. The molecule has 9 nitrogen and oxygen atoms in total. The molecule has 2 rings (SSSR count). The molecule has 1 atom stereocenters. The van der Waals surface area contributed by atoms with Gasteiger partial charge >= 0.3 is 6.09 Å². The topological polar surface area (TPSA) is 122 Å². The lowest BCUT2D eigenvalue weighted by molar-refractivity contribution is -0.137. The van der Waals surface area contributed by atoms with Crippen molar-refractivity contribution in [2.45, 2.75) is 45.6 Å². The lowest BCUT2D eigenvalue weighted by Crippen LogP contribution is -2.50. The summed E-state index contributed by atoms with van der Waals surface area (Å²) in [7, 11) is 1.84. The molecule has 2 N–H and O–H groups in total. The van der Waals surface area contributed by atoms with Crippen LogP contribution in [-0.4, -0.2) is 54.1 Å². The maximum Gasteiger partial charge on any atom is 0.410 e. The highest BCUT2D eigenvalue weighted by molar-refractivity contribution is 5.86. The van der Waals surface area contributed by atoms with Crippen LogP contribution < -0.4 is 0 Å². The number of nitrogens with zero attached hydrogens (tertiary/aromatic N) is 4. The first-order chi connectivity index (χ1) is 10.6. The number of halogens is 1. The summed E-state index contributed by atoms with van der Waals surface area (Å²) in [5.41, 5.74) is 10.6. The Hall–Kier alpha value is -1.77. The summed E-state index contributed by atoms with van der Waals surface area (Å²) in [6.45, 7) is 7.57. The standard InChI is InChI=1S/C14H24N2O3.ClH.H2N4/c1-13(2,3)19-12(18)16-8-5-6-14(10-16)7-9-15(4)11(14)17;;1-3-4-2/h5-10H2,1-4H3;1H;1-2H. The molecule has 0 saturated carbocycles. The Bertz CT molecular complexity index is 472. The number of carbonyl (C=O) groups is 2. The number of ether oxygens (including phenoxy) is 1. The van der Waals surface area contributed by atoms with Crippen molar-refractivity contribution >= 4 is 24.4 Å². The summed E-state index contributed by atoms with van der Waals surface area (Å²) >= 11 is 0. The van der Waals surface area contributed by atoms with E-state index in [2.05, 4.69) is 10.4 Å². The third kappa shape index (κ3) is 5.70. The molecule has 2 heterocycles. The van der Waals surface area contributed by atoms with Crippen LogP contribution in [0.1, 0.15) is 40.0 Å². The Morgan fingerprint density at radius 2 is 1.79 bits per heavy atom. The van der Waals surface area contributed by atoms with Crippen molar-refractivity contribution < 1.29 is 14.3 Å². The van der Waals surface area contributed by atoms with Gasteiger partial charge in [0.2, 0.25) is 5.91 Å². The van der Waals surface area contributed by atoms with Gasteiger partial charge in [-0.05, 0) is 50.5 Å². The number of hydrogen-bond donors (Lipinski definition) is 2. The molecule has 10 heteroatoms. The monoisotopic (exact) mass is 362 g/mol. The van der Waals surface area contributed by atoms with Crippen molar-refractivity contribution in [3.05, 3.63) is 0 Å². The highest BCUT2D eigenvalue weighted by Gasteiger charge is 2.48. The summed E-state index contributed by atoms with van der Waals surface area (Å²) < 4.78 is 5.40. The first kappa shape index (κ1) is 22.2. The number of rotatable bonds is 1. The second-order valence-corrected chi connectivity index (χ2v) is 6.96. The third-order valence-corrected chi connectivity index (χ3v) is 4.00. The van der Waals surface area contributed by atoms with E-state index in [1.54, 1.807) is 9.80 Å². The van der Waals surface area contributed by atoms with Gasteiger partial charge in [0.05, 0.1) is 5.41 Å². The number of carbonyl (C=O) groups excluding carboxylic acids is 2. The minimum atomic E-state index is -0.488. The normalized spacial score (nSPS) is 23.1. The number of likely N-dealkylation sites (tertiary alicyclic amines) is 2. The molecular formula is C14H27ClN6O3. The molecule has 0 aromatic carbocycles. The van der Waals surface area contributed by atoms with Crippen LogP contribution in [0, 0.1) is 16.5 Å². The van der Waals surface area contributed by atoms with Crippen LogP contribution in [0.15, 0.2) is 10.4 Å². The lowest BCUT2D eigenvalue weighted by Gasteiger charge is -2.39. The molecule has 1 unspecified atom stereocenters. The van der Waals surface area contributed by atoms with Crippen molar-refractivity contribution in [3.63, 3.8) is 0 Å². The Balaban J connectivity index is 0.000000954. The van der Waals surface area contributed by atoms with Gasteiger partial charge in [-0.25, -0.2) is 4.79 Å². The summed E-state index contributed by atoms with van der Waals surface area (Å²) in [5.74, 6) is 0.181. The Morgan fingerprint density at radius 1 is 1.21 bits per heavy atom. The Morgan fingerprint density at radius 3 is 2.21 bits per heavy atom. The lowest BCUT2D eigenvalue weighted by atomic mass is 9.78. The fraction of sp³-hybridized carbons (Fsp3) is 0.857. The van der Waals surface area contributed by atoms with E-state index in [1.807, 2.05) is 27.8 Å². The molecule has 2 aliphatic rings. The van der Waals surface area contributed by atoms with Crippen LogP contribution in [-0.2, 0) is 9.53 Å². The smallest absolute Gasteiger partial charge is 0.410 e. The summed E-state index contributed by atoms with van der Waals surface area (Å²) in [4.78, 5) is 27.9. The van der Waals surface area contributed by atoms with E-state index in [-0.39, 0.29) is 29.8 Å². The molecule has 138 valence electrons. The van der Waals surface area contributed by atoms with Gasteiger partial charge in [0, 0.05) is 26.7 Å². The fourth-order valence-electron chi connectivity index (χ4n) is 2.99. The average Bonchev–Trinajstić information content (AvgIpc) is 2.75. The van der Waals surface area contributed by atoms with Gasteiger partial charge in [-0.3, -0.25) is 4.79 Å². The fourth-order valence-corrected chi connectivity index (χ4v) is 2.99. The summed E-state index contributed by atoms with van der Waals surface area (Å²) in [6.07, 6.45) is 2.31. The number of amides is 2. The van der Waals surface area contributed by atoms with Crippen LogP contribution in [0.2, 0.25) is 0 Å². The minimum absolute atomic E-state index is 0. The molecule has 2 saturated heterocycles. The van der Waals surface area contributed by atoms with E-state index in [0.29, 0.717) is 13.1 Å². The van der Waals surface area contributed by atoms with E-state index < -0.39 is 5.60 Å². The van der Waals surface area contributed by atoms with Crippen LogP contribution in [0.25, 0.3) is 0 Å². The number of piperidine rings is 1. The molecular weight excluding hydrogens is 336 g/mol. The maximum absolute atomic E-state index is 12.3. The number of hydrogen-bond acceptors (Lipinski definition) is 5. The van der Waals surface area contributed by atoms with Gasteiger partial charge in [-0.15, -0.1) is 12.4 Å². The van der Waals surface area contributed by atoms with E-state index in [0.717, 1.165) is 25.8 Å². The second-order valence-electron chi connectivity index (χ2n) is 6.96. The highest BCUT2D eigenvalue weighted by atomic mass is 35.5. The zero-order chi connectivity index (χ0) is 17.7. The van der Waals surface area contributed by atoms with Crippen LogP contribution in [0.4, 0.5) is 4.79 Å². The van der Waals surface area contributed by atoms with Gasteiger partial charge in [0.15, 0.2) is 0 Å². The molecule has 0 aliphatic carbocycles. The van der Waals surface area contributed by atoms with Gasteiger partial charge in [0.25, 0.3) is 0 Å². The predicted octanol–water partition coefficient (Wildman–Crippen LogP) is 3.25. The zero-order valence-corrected chi connectivity index (χ0v) is 15.5. The zero-order valence-electron chi connectivity index (χ0n) is 14.7. The number of nitrogens with one attached hydrogen (secondary N) is 2. The molecule has 0 aromatic rings. The van der Waals surface area contributed by atoms with Crippen molar-refractivity contribution in [2.24, 2.45) is 15.9 Å². The third-order valence-electron chi connectivity index (χ3n) is 4.00. The maximum atomic E-state index is 12.3. The average molecular weight is 363 g/mol. The van der Waals surface area contributed by atoms with E-state index in [9.17, 15) is 9.59 Å². The van der Waals surface area contributed by atoms with Gasteiger partial charge in [-0.1, -0.05) is 0 Å². The molecule has 1 spiro atoms. The van der Waals surface area contributed by atoms with Crippen LogP contribution in [0.5, 0.6) is 0 Å². The van der Waals surface area contributed by atoms with E-state index in [1.165, 1.54) is 0 Å². The molecule has 0 aromatic heterocycles. The first-order valence-electron chi connectivity index (χ1n) is 7.62. The Labute approximate surface area is 148 Å². The van der Waals surface area contributed by atoms with E-state index in [4.69, 9.17) is 15.8 Å². The second kappa shape index (κ2) is 8.91. The quantitative estimate of drug-likeness (QED) is 0.549. The van der Waals surface area contributed by atoms with Crippen LogP contribution in [0.3, 0.4) is 0 Å². The first-order valence-corrected chi connectivity index (χ1v) is 7.62. The van der Waals surface area contributed by atoms with Gasteiger partial charge in [-0.2, -0.15) is 11.1 Å². The molecule has 2 fully saturated rings. The van der Waals surface area contributed by atoms with Crippen molar-refractivity contribution in [1.82, 2.24) is 9.80 Å². The summed E-state index contributed by atoms with van der Waals surface area (Å²) in [5, 5.41) is 4.56. The molecule has 0 radical (unpaired) electrons. The van der Waals surface area contributed by atoms with E-state index >= 15 is 0 Å². The van der Waals surface area contributed by atoms with Crippen LogP contribution >= 0.6 is 12.4 Å². The van der Waals surface area contributed by atoms with Crippen molar-refractivity contribution in [1.29, 1.82) is 11.1 Å².